The molecule has 5 heteroatoms. The number of aromatic hydroxyl groups is 1. The molecule has 0 aliphatic rings. The van der Waals surface area contributed by atoms with Gasteiger partial charge in [0.15, 0.2) is 0 Å². The summed E-state index contributed by atoms with van der Waals surface area (Å²) >= 11 is 0. The fraction of sp³-hybridized carbons (Fsp3) is 0. The maximum Gasteiger partial charge on any atom is 0.271 e. The third kappa shape index (κ3) is 4.81. The van der Waals surface area contributed by atoms with Crippen molar-refractivity contribution >= 4 is 22.9 Å². The fourth-order valence-corrected chi connectivity index (χ4v) is 4.79. The predicted molar refractivity (Wildman–Crippen MR) is 157 cm³/mol. The number of nitrogens with one attached hydrogen (secondary N) is 1. The zero-order valence-electron chi connectivity index (χ0n) is 21.0. The normalized spacial score (nSPS) is 11.2. The smallest absolute Gasteiger partial charge is 0.271 e. The molecule has 0 atom stereocenters. The molecule has 0 saturated carbocycles. The van der Waals surface area contributed by atoms with Gasteiger partial charge in [0.25, 0.3) is 5.91 Å². The van der Waals surface area contributed by atoms with Crippen molar-refractivity contribution in [1.29, 1.82) is 0 Å². The molecule has 6 aromatic rings. The first-order valence-corrected chi connectivity index (χ1v) is 12.7. The van der Waals surface area contributed by atoms with Crippen LogP contribution in [0.5, 0.6) is 5.75 Å². The average molecular weight is 508 g/mol. The zero-order chi connectivity index (χ0) is 26.6. The van der Waals surface area contributed by atoms with Crippen LogP contribution in [0.4, 0.5) is 0 Å². The van der Waals surface area contributed by atoms with Gasteiger partial charge in [0.2, 0.25) is 0 Å². The van der Waals surface area contributed by atoms with Crippen LogP contribution in [0.2, 0.25) is 0 Å². The summed E-state index contributed by atoms with van der Waals surface area (Å²) in [5.74, 6) is -0.234. The summed E-state index contributed by atoms with van der Waals surface area (Å²) < 4.78 is 2.20. The second kappa shape index (κ2) is 10.5. The molecule has 0 saturated heterocycles. The maximum absolute atomic E-state index is 12.9. The zero-order valence-corrected chi connectivity index (χ0v) is 21.0. The highest BCUT2D eigenvalue weighted by molar-refractivity contribution is 6.03. The van der Waals surface area contributed by atoms with Crippen molar-refractivity contribution in [3.63, 3.8) is 0 Å². The van der Waals surface area contributed by atoms with Gasteiger partial charge >= 0.3 is 0 Å². The Morgan fingerprint density at radius 2 is 1.26 bits per heavy atom. The monoisotopic (exact) mass is 507 g/mol. The number of hydrazone groups is 1. The molecule has 1 heterocycles. The first-order chi connectivity index (χ1) is 19.2. The Labute approximate surface area is 226 Å². The van der Waals surface area contributed by atoms with Crippen LogP contribution < -0.4 is 5.43 Å². The van der Waals surface area contributed by atoms with Crippen molar-refractivity contribution in [2.45, 2.75) is 0 Å². The van der Waals surface area contributed by atoms with Crippen molar-refractivity contribution in [2.24, 2.45) is 5.10 Å². The van der Waals surface area contributed by atoms with Gasteiger partial charge in [-0.25, -0.2) is 5.43 Å². The van der Waals surface area contributed by atoms with Crippen LogP contribution in [0.3, 0.4) is 0 Å². The number of aromatic nitrogens is 1. The lowest BCUT2D eigenvalue weighted by molar-refractivity contribution is 0.0955. The van der Waals surface area contributed by atoms with E-state index >= 15 is 0 Å². The number of fused-ring (bicyclic) bond motifs is 1. The Balaban J connectivity index is 1.28. The molecule has 0 unspecified atom stereocenters. The molecule has 2 N–H and O–H groups in total. The number of hydrogen-bond acceptors (Lipinski definition) is 3. The van der Waals surface area contributed by atoms with Crippen molar-refractivity contribution in [1.82, 2.24) is 9.99 Å². The average Bonchev–Trinajstić information content (AvgIpc) is 3.44. The quantitative estimate of drug-likeness (QED) is 0.182. The summed E-state index contributed by atoms with van der Waals surface area (Å²) in [6.45, 7) is 0. The molecule has 0 aliphatic carbocycles. The molecule has 5 aromatic carbocycles. The summed E-state index contributed by atoms with van der Waals surface area (Å²) in [5.41, 5.74) is 8.89. The van der Waals surface area contributed by atoms with Gasteiger partial charge in [0.1, 0.15) is 5.75 Å². The van der Waals surface area contributed by atoms with Gasteiger partial charge in [-0.15, -0.1) is 0 Å². The Morgan fingerprint density at radius 1 is 0.667 bits per heavy atom. The Bertz CT molecular complexity index is 1730. The molecular weight excluding hydrogens is 482 g/mol. The number of nitrogens with zero attached hydrogens (tertiary/aromatic N) is 2. The van der Waals surface area contributed by atoms with Crippen LogP contribution >= 0.6 is 0 Å². The van der Waals surface area contributed by atoms with Crippen LogP contribution in [-0.4, -0.2) is 21.8 Å². The summed E-state index contributed by atoms with van der Waals surface area (Å²) in [5, 5.41) is 16.3. The third-order valence-corrected chi connectivity index (χ3v) is 6.72. The Morgan fingerprint density at radius 3 is 1.90 bits per heavy atom. The van der Waals surface area contributed by atoms with E-state index in [0.29, 0.717) is 11.1 Å². The van der Waals surface area contributed by atoms with E-state index in [-0.39, 0.29) is 11.7 Å². The van der Waals surface area contributed by atoms with Crippen molar-refractivity contribution in [2.75, 3.05) is 0 Å². The second-order valence-corrected chi connectivity index (χ2v) is 9.14. The van der Waals surface area contributed by atoms with Gasteiger partial charge in [-0.3, -0.25) is 4.79 Å². The molecule has 188 valence electrons. The summed E-state index contributed by atoms with van der Waals surface area (Å²) in [6, 6.07) is 43.4. The molecule has 0 fully saturated rings. The third-order valence-electron chi connectivity index (χ3n) is 6.72. The topological polar surface area (TPSA) is 66.6 Å². The number of amides is 1. The maximum atomic E-state index is 12.9. The van der Waals surface area contributed by atoms with Gasteiger partial charge in [0, 0.05) is 16.8 Å². The highest BCUT2D eigenvalue weighted by Crippen LogP contribution is 2.32. The van der Waals surface area contributed by atoms with E-state index in [9.17, 15) is 9.90 Å². The molecule has 1 aromatic heterocycles. The van der Waals surface area contributed by atoms with E-state index in [1.807, 2.05) is 78.9 Å². The van der Waals surface area contributed by atoms with Crippen LogP contribution in [0.25, 0.3) is 39.0 Å². The van der Waals surface area contributed by atoms with Crippen LogP contribution in [0, 0.1) is 0 Å². The Hall–Kier alpha value is -5.42. The molecular formula is C34H25N3O2. The lowest BCUT2D eigenvalue weighted by Gasteiger charge is -2.15. The van der Waals surface area contributed by atoms with E-state index in [1.54, 1.807) is 18.2 Å². The van der Waals surface area contributed by atoms with E-state index in [2.05, 4.69) is 51.5 Å². The minimum Gasteiger partial charge on any atom is -0.507 e. The highest BCUT2D eigenvalue weighted by atomic mass is 16.3. The highest BCUT2D eigenvalue weighted by Gasteiger charge is 2.14. The van der Waals surface area contributed by atoms with Crippen molar-refractivity contribution in [3.05, 3.63) is 145 Å². The van der Waals surface area contributed by atoms with Crippen LogP contribution in [-0.2, 0) is 0 Å². The molecule has 39 heavy (non-hydrogen) atoms. The minimum absolute atomic E-state index is 0.103. The molecule has 0 aliphatic heterocycles. The predicted octanol–water partition coefficient (Wildman–Crippen LogP) is 7.43. The van der Waals surface area contributed by atoms with Crippen molar-refractivity contribution < 1.29 is 9.90 Å². The summed E-state index contributed by atoms with van der Waals surface area (Å²) in [7, 11) is 0. The number of phenols is 1. The number of hydrogen-bond donors (Lipinski definition) is 2. The second-order valence-electron chi connectivity index (χ2n) is 9.14. The molecule has 0 spiro atoms. The van der Waals surface area contributed by atoms with Crippen LogP contribution in [0.1, 0.15) is 15.9 Å². The molecule has 1 amide bonds. The van der Waals surface area contributed by atoms with Gasteiger partial charge in [-0.1, -0.05) is 91.0 Å². The summed E-state index contributed by atoms with van der Waals surface area (Å²) in [6.07, 6.45) is 1.47. The van der Waals surface area contributed by atoms with E-state index in [0.717, 1.165) is 39.0 Å². The fourth-order valence-electron chi connectivity index (χ4n) is 4.79. The molecule has 6 rings (SSSR count). The number of rotatable bonds is 6. The number of carbonyl (C=O) groups excluding carboxylic acids is 1. The first kappa shape index (κ1) is 23.9. The van der Waals surface area contributed by atoms with Gasteiger partial charge in [0.05, 0.1) is 17.6 Å². The Kier molecular flexibility index (Phi) is 6.46. The van der Waals surface area contributed by atoms with Crippen molar-refractivity contribution in [3.8, 4) is 34.0 Å². The summed E-state index contributed by atoms with van der Waals surface area (Å²) in [4.78, 5) is 12.9. The standard InChI is InChI=1S/C34H25N3O2/c38-33-22-17-24-9-7-8-14-29(24)30(33)23-35-36-34(39)27-15-18-28(19-16-27)37-31(25-10-3-1-4-11-25)20-21-32(37)26-12-5-2-6-13-26/h1-23,38H,(H,36,39)/b35-23-. The lowest BCUT2D eigenvalue weighted by atomic mass is 10.0. The molecule has 5 nitrogen and oxygen atoms in total. The molecule has 0 bridgehead atoms. The number of carbonyl (C=O) groups is 1. The van der Waals surface area contributed by atoms with Gasteiger partial charge in [-0.2, -0.15) is 5.10 Å². The first-order valence-electron chi connectivity index (χ1n) is 12.7. The van der Waals surface area contributed by atoms with E-state index in [1.165, 1.54) is 6.21 Å². The largest absolute Gasteiger partial charge is 0.507 e. The van der Waals surface area contributed by atoms with E-state index in [4.69, 9.17) is 0 Å². The van der Waals surface area contributed by atoms with Crippen LogP contribution in [0.15, 0.2) is 139 Å². The van der Waals surface area contributed by atoms with Gasteiger partial charge in [-0.05, 0) is 64.4 Å². The SMILES string of the molecule is O=C(N/N=C\c1c(O)ccc2ccccc12)c1ccc(-n2c(-c3ccccc3)ccc2-c2ccccc2)cc1. The minimum atomic E-state index is -0.336. The number of phenolic OH excluding ortho intramolecular Hbond substituents is 1. The lowest BCUT2D eigenvalue weighted by Crippen LogP contribution is -2.17. The van der Waals surface area contributed by atoms with E-state index < -0.39 is 0 Å². The van der Waals surface area contributed by atoms with Gasteiger partial charge < -0.3 is 9.67 Å². The molecule has 0 radical (unpaired) electrons. The number of benzene rings is 5.